The van der Waals surface area contributed by atoms with Gasteiger partial charge in [-0.25, -0.2) is 4.39 Å². The number of aliphatic hydroxyl groups excluding tert-OH is 1. The van der Waals surface area contributed by atoms with Gasteiger partial charge in [0.25, 0.3) is 0 Å². The molecule has 0 spiro atoms. The molecule has 2 rings (SSSR count). The summed E-state index contributed by atoms with van der Waals surface area (Å²) in [5.41, 5.74) is 3.60. The van der Waals surface area contributed by atoms with Crippen molar-refractivity contribution in [3.63, 3.8) is 0 Å². The summed E-state index contributed by atoms with van der Waals surface area (Å²) in [6, 6.07) is 10.1. The zero-order chi connectivity index (χ0) is 14.0. The van der Waals surface area contributed by atoms with Gasteiger partial charge in [0.15, 0.2) is 0 Å². The maximum Gasteiger partial charge on any atom is 0.123 e. The lowest BCUT2D eigenvalue weighted by Crippen LogP contribution is -2.05. The SMILES string of the molecule is Cc1cc(F)ccc1CC(O)c1cc(Cl)ccc1C. The third-order valence-electron chi connectivity index (χ3n) is 3.32. The van der Waals surface area contributed by atoms with E-state index < -0.39 is 6.10 Å². The minimum absolute atomic E-state index is 0.255. The van der Waals surface area contributed by atoms with Gasteiger partial charge >= 0.3 is 0 Å². The minimum Gasteiger partial charge on any atom is -0.388 e. The van der Waals surface area contributed by atoms with Gasteiger partial charge in [-0.3, -0.25) is 0 Å². The molecule has 1 unspecified atom stereocenters. The molecule has 0 radical (unpaired) electrons. The summed E-state index contributed by atoms with van der Waals surface area (Å²) < 4.78 is 13.0. The van der Waals surface area contributed by atoms with Crippen LogP contribution in [0.5, 0.6) is 0 Å². The molecule has 0 amide bonds. The standard InChI is InChI=1S/C16H16ClFO/c1-10-3-5-13(17)9-15(10)16(19)8-12-4-6-14(18)7-11(12)2/h3-7,9,16,19H,8H2,1-2H3. The van der Waals surface area contributed by atoms with Crippen LogP contribution in [-0.2, 0) is 6.42 Å². The Kier molecular flexibility index (Phi) is 4.23. The van der Waals surface area contributed by atoms with Crippen LogP contribution in [0.15, 0.2) is 36.4 Å². The van der Waals surface area contributed by atoms with Gasteiger partial charge in [0, 0.05) is 11.4 Å². The van der Waals surface area contributed by atoms with E-state index in [0.717, 1.165) is 22.3 Å². The molecule has 1 N–H and O–H groups in total. The first-order valence-corrected chi connectivity index (χ1v) is 6.54. The van der Waals surface area contributed by atoms with E-state index in [9.17, 15) is 9.50 Å². The van der Waals surface area contributed by atoms with Crippen molar-refractivity contribution < 1.29 is 9.50 Å². The summed E-state index contributed by atoms with van der Waals surface area (Å²) in [6.07, 6.45) is -0.185. The van der Waals surface area contributed by atoms with Crippen LogP contribution in [0.4, 0.5) is 4.39 Å². The lowest BCUT2D eigenvalue weighted by atomic mass is 9.95. The number of hydrogen-bond acceptors (Lipinski definition) is 1. The van der Waals surface area contributed by atoms with Gasteiger partial charge in [0.2, 0.25) is 0 Å². The van der Waals surface area contributed by atoms with E-state index in [1.165, 1.54) is 12.1 Å². The van der Waals surface area contributed by atoms with E-state index in [0.29, 0.717) is 11.4 Å². The Morgan fingerprint density at radius 3 is 2.53 bits per heavy atom. The molecule has 0 aliphatic rings. The Labute approximate surface area is 117 Å². The molecular weight excluding hydrogens is 263 g/mol. The summed E-state index contributed by atoms with van der Waals surface area (Å²) in [7, 11) is 0. The molecule has 1 nitrogen and oxygen atoms in total. The van der Waals surface area contributed by atoms with Crippen LogP contribution in [0.2, 0.25) is 5.02 Å². The Morgan fingerprint density at radius 2 is 1.84 bits per heavy atom. The molecule has 0 saturated heterocycles. The van der Waals surface area contributed by atoms with Gasteiger partial charge in [-0.05, 0) is 60.4 Å². The second-order valence-electron chi connectivity index (χ2n) is 4.79. The minimum atomic E-state index is -0.636. The van der Waals surface area contributed by atoms with Crippen LogP contribution in [0, 0.1) is 19.7 Å². The quantitative estimate of drug-likeness (QED) is 0.884. The number of aliphatic hydroxyl groups is 1. The summed E-state index contributed by atoms with van der Waals surface area (Å²) in [5.74, 6) is -0.255. The average molecular weight is 279 g/mol. The van der Waals surface area contributed by atoms with Crippen LogP contribution in [0.1, 0.15) is 28.4 Å². The first-order chi connectivity index (χ1) is 8.97. The van der Waals surface area contributed by atoms with Crippen LogP contribution in [0.25, 0.3) is 0 Å². The predicted molar refractivity (Wildman–Crippen MR) is 76.0 cm³/mol. The van der Waals surface area contributed by atoms with Crippen molar-refractivity contribution in [3.8, 4) is 0 Å². The second kappa shape index (κ2) is 5.72. The number of hydrogen-bond donors (Lipinski definition) is 1. The Balaban J connectivity index is 2.25. The zero-order valence-corrected chi connectivity index (χ0v) is 11.7. The molecule has 0 saturated carbocycles. The highest BCUT2D eigenvalue weighted by atomic mass is 35.5. The summed E-state index contributed by atoms with van der Waals surface area (Å²) >= 11 is 5.96. The zero-order valence-electron chi connectivity index (χ0n) is 11.0. The number of aryl methyl sites for hydroxylation is 2. The Bertz CT molecular complexity index is 595. The van der Waals surface area contributed by atoms with Crippen molar-refractivity contribution in [2.45, 2.75) is 26.4 Å². The molecule has 19 heavy (non-hydrogen) atoms. The molecular formula is C16H16ClFO. The van der Waals surface area contributed by atoms with Crippen molar-refractivity contribution in [1.82, 2.24) is 0 Å². The van der Waals surface area contributed by atoms with Gasteiger partial charge in [-0.1, -0.05) is 23.7 Å². The van der Waals surface area contributed by atoms with Gasteiger partial charge in [0.05, 0.1) is 6.10 Å². The van der Waals surface area contributed by atoms with E-state index in [4.69, 9.17) is 11.6 Å². The van der Waals surface area contributed by atoms with E-state index in [2.05, 4.69) is 0 Å². The first-order valence-electron chi connectivity index (χ1n) is 6.16. The number of halogens is 2. The highest BCUT2D eigenvalue weighted by Crippen LogP contribution is 2.26. The largest absolute Gasteiger partial charge is 0.388 e. The number of benzene rings is 2. The van der Waals surface area contributed by atoms with Gasteiger partial charge < -0.3 is 5.11 Å². The molecule has 1 atom stereocenters. The highest BCUT2D eigenvalue weighted by molar-refractivity contribution is 6.30. The smallest absolute Gasteiger partial charge is 0.123 e. The third-order valence-corrected chi connectivity index (χ3v) is 3.55. The predicted octanol–water partition coefficient (Wildman–Crippen LogP) is 4.37. The molecule has 0 fully saturated rings. The fourth-order valence-electron chi connectivity index (χ4n) is 2.18. The van der Waals surface area contributed by atoms with Crippen LogP contribution >= 0.6 is 11.6 Å². The number of rotatable bonds is 3. The highest BCUT2D eigenvalue weighted by Gasteiger charge is 2.13. The molecule has 0 aromatic heterocycles. The summed E-state index contributed by atoms with van der Waals surface area (Å²) in [6.45, 7) is 3.78. The molecule has 2 aromatic rings. The van der Waals surface area contributed by atoms with Crippen molar-refractivity contribution in [2.24, 2.45) is 0 Å². The fourth-order valence-corrected chi connectivity index (χ4v) is 2.36. The van der Waals surface area contributed by atoms with E-state index in [1.807, 2.05) is 19.9 Å². The molecule has 0 heterocycles. The maximum atomic E-state index is 13.0. The van der Waals surface area contributed by atoms with Crippen molar-refractivity contribution in [1.29, 1.82) is 0 Å². The molecule has 2 aromatic carbocycles. The second-order valence-corrected chi connectivity index (χ2v) is 5.23. The maximum absolute atomic E-state index is 13.0. The lowest BCUT2D eigenvalue weighted by Gasteiger charge is -2.15. The monoisotopic (exact) mass is 278 g/mol. The Morgan fingerprint density at radius 1 is 1.11 bits per heavy atom. The Hall–Kier alpha value is -1.38. The molecule has 100 valence electrons. The van der Waals surface area contributed by atoms with Gasteiger partial charge in [-0.15, -0.1) is 0 Å². The summed E-state index contributed by atoms with van der Waals surface area (Å²) in [5, 5.41) is 10.9. The van der Waals surface area contributed by atoms with Crippen LogP contribution < -0.4 is 0 Å². The first kappa shape index (κ1) is 14.0. The topological polar surface area (TPSA) is 20.2 Å². The van der Waals surface area contributed by atoms with Crippen LogP contribution in [-0.4, -0.2) is 5.11 Å². The van der Waals surface area contributed by atoms with Crippen molar-refractivity contribution in [3.05, 3.63) is 69.5 Å². The third kappa shape index (κ3) is 3.34. The fraction of sp³-hybridized carbons (Fsp3) is 0.250. The van der Waals surface area contributed by atoms with Crippen molar-refractivity contribution in [2.75, 3.05) is 0 Å². The average Bonchev–Trinajstić information content (AvgIpc) is 2.35. The van der Waals surface area contributed by atoms with E-state index >= 15 is 0 Å². The van der Waals surface area contributed by atoms with Gasteiger partial charge in [0.1, 0.15) is 5.82 Å². The molecule has 0 bridgehead atoms. The molecule has 0 aliphatic carbocycles. The lowest BCUT2D eigenvalue weighted by molar-refractivity contribution is 0.177. The summed E-state index contributed by atoms with van der Waals surface area (Å²) in [4.78, 5) is 0. The van der Waals surface area contributed by atoms with E-state index in [1.54, 1.807) is 18.2 Å². The van der Waals surface area contributed by atoms with E-state index in [-0.39, 0.29) is 5.82 Å². The van der Waals surface area contributed by atoms with Crippen molar-refractivity contribution >= 4 is 11.6 Å². The molecule has 0 aliphatic heterocycles. The van der Waals surface area contributed by atoms with Crippen LogP contribution in [0.3, 0.4) is 0 Å². The molecule has 3 heteroatoms. The van der Waals surface area contributed by atoms with Gasteiger partial charge in [-0.2, -0.15) is 0 Å². The normalized spacial score (nSPS) is 12.5.